The third kappa shape index (κ3) is 2.08. The molecule has 2 N–H and O–H groups in total. The van der Waals surface area contributed by atoms with E-state index >= 15 is 0 Å². The van der Waals surface area contributed by atoms with Crippen molar-refractivity contribution in [3.63, 3.8) is 0 Å². The molecule has 1 saturated heterocycles. The van der Waals surface area contributed by atoms with Gasteiger partial charge in [-0.15, -0.1) is 0 Å². The molecule has 4 nitrogen and oxygen atoms in total. The summed E-state index contributed by atoms with van der Waals surface area (Å²) in [5.74, 6) is 0.179. The maximum atomic E-state index is 11.5. The van der Waals surface area contributed by atoms with Crippen LogP contribution in [0.1, 0.15) is 24.8 Å². The Balaban J connectivity index is 1.80. The first-order chi connectivity index (χ1) is 8.57. The molecule has 1 aromatic carbocycles. The molecule has 0 bridgehead atoms. The van der Waals surface area contributed by atoms with E-state index in [0.717, 1.165) is 31.5 Å². The van der Waals surface area contributed by atoms with E-state index in [1.807, 2.05) is 18.1 Å². The molecule has 1 aliphatic carbocycles. The van der Waals surface area contributed by atoms with Crippen molar-refractivity contribution in [2.75, 3.05) is 18.6 Å². The van der Waals surface area contributed by atoms with Gasteiger partial charge in [0, 0.05) is 25.6 Å². The van der Waals surface area contributed by atoms with E-state index < -0.39 is 0 Å². The van der Waals surface area contributed by atoms with Crippen LogP contribution in [-0.4, -0.2) is 30.0 Å². The lowest BCUT2D eigenvalue weighted by molar-refractivity contribution is -0.126. The predicted octanol–water partition coefficient (Wildman–Crippen LogP) is 1.30. The number of carbonyl (C=O) groups excluding carboxylic acids is 1. The molecule has 0 atom stereocenters. The van der Waals surface area contributed by atoms with Gasteiger partial charge in [0.15, 0.2) is 0 Å². The maximum absolute atomic E-state index is 11.5. The Morgan fingerprint density at radius 3 is 2.78 bits per heavy atom. The van der Waals surface area contributed by atoms with Crippen LogP contribution in [0.15, 0.2) is 24.3 Å². The zero-order valence-electron chi connectivity index (χ0n) is 10.7. The number of amides is 1. The lowest BCUT2D eigenvalue weighted by Gasteiger charge is -2.26. The molecular formula is C14H19N3O. The van der Waals surface area contributed by atoms with Gasteiger partial charge in [-0.2, -0.15) is 0 Å². The number of nitrogens with two attached hydrogens (primary N) is 1. The molecule has 1 heterocycles. The summed E-state index contributed by atoms with van der Waals surface area (Å²) in [4.78, 5) is 11.5. The van der Waals surface area contributed by atoms with Crippen LogP contribution < -0.4 is 10.7 Å². The van der Waals surface area contributed by atoms with Crippen molar-refractivity contribution in [2.45, 2.75) is 31.2 Å². The highest BCUT2D eigenvalue weighted by molar-refractivity contribution is 5.81. The van der Waals surface area contributed by atoms with Crippen LogP contribution in [0.4, 0.5) is 5.69 Å². The molecule has 18 heavy (non-hydrogen) atoms. The van der Waals surface area contributed by atoms with Crippen LogP contribution in [0.3, 0.4) is 0 Å². The van der Waals surface area contributed by atoms with Crippen LogP contribution >= 0.6 is 0 Å². The fourth-order valence-electron chi connectivity index (χ4n) is 2.52. The second-order valence-electron chi connectivity index (χ2n) is 5.50. The van der Waals surface area contributed by atoms with Crippen LogP contribution in [0.25, 0.3) is 0 Å². The first-order valence-electron chi connectivity index (χ1n) is 6.49. The average molecular weight is 245 g/mol. The number of rotatable bonds is 3. The molecule has 1 aliphatic heterocycles. The Kier molecular flexibility index (Phi) is 2.55. The van der Waals surface area contributed by atoms with Crippen molar-refractivity contribution in [2.24, 2.45) is 5.73 Å². The summed E-state index contributed by atoms with van der Waals surface area (Å²) in [6, 6.07) is 8.37. The van der Waals surface area contributed by atoms with Crippen molar-refractivity contribution in [3.05, 3.63) is 29.8 Å². The lowest BCUT2D eigenvalue weighted by Crippen LogP contribution is -2.35. The minimum absolute atomic E-state index is 0.0331. The second-order valence-corrected chi connectivity index (χ2v) is 5.50. The summed E-state index contributed by atoms with van der Waals surface area (Å²) >= 11 is 0. The molecule has 96 valence electrons. The van der Waals surface area contributed by atoms with Gasteiger partial charge < -0.3 is 5.73 Å². The average Bonchev–Trinajstić information content (AvgIpc) is 2.97. The Morgan fingerprint density at radius 2 is 2.17 bits per heavy atom. The summed E-state index contributed by atoms with van der Waals surface area (Å²) in [7, 11) is 1.83. The number of benzene rings is 1. The number of hydrogen-bond donors (Lipinski definition) is 1. The molecule has 0 aromatic heterocycles. The monoisotopic (exact) mass is 245 g/mol. The number of anilines is 1. The fourth-order valence-corrected chi connectivity index (χ4v) is 2.52. The van der Waals surface area contributed by atoms with Crippen molar-refractivity contribution in [1.29, 1.82) is 0 Å². The molecule has 4 heteroatoms. The van der Waals surface area contributed by atoms with E-state index in [1.54, 1.807) is 5.01 Å². The molecule has 3 rings (SSSR count). The standard InChI is InChI=1S/C14H19N3O/c1-16-13(18)5-8-17(16)12-4-2-3-11(9-12)10-14(15)6-7-14/h2-4,9H,5-8,10,15H2,1H3. The van der Waals surface area contributed by atoms with E-state index in [1.165, 1.54) is 5.56 Å². The molecule has 1 aromatic rings. The van der Waals surface area contributed by atoms with Gasteiger partial charge >= 0.3 is 0 Å². The SMILES string of the molecule is CN1C(=O)CCN1c1cccc(CC2(N)CC2)c1. The number of carbonyl (C=O) groups is 1. The van der Waals surface area contributed by atoms with Gasteiger partial charge in [0.1, 0.15) is 0 Å². The van der Waals surface area contributed by atoms with Crippen LogP contribution in [-0.2, 0) is 11.2 Å². The first kappa shape index (κ1) is 11.5. The fraction of sp³-hybridized carbons (Fsp3) is 0.500. The van der Waals surface area contributed by atoms with E-state index in [0.29, 0.717) is 6.42 Å². The summed E-state index contributed by atoms with van der Waals surface area (Å²) in [5.41, 5.74) is 8.54. The molecule has 0 unspecified atom stereocenters. The van der Waals surface area contributed by atoms with E-state index in [9.17, 15) is 4.79 Å². The van der Waals surface area contributed by atoms with Gasteiger partial charge in [0.25, 0.3) is 0 Å². The summed E-state index contributed by atoms with van der Waals surface area (Å²) in [6.45, 7) is 0.770. The van der Waals surface area contributed by atoms with E-state index in [2.05, 4.69) is 18.2 Å². The van der Waals surface area contributed by atoms with Gasteiger partial charge in [-0.3, -0.25) is 14.8 Å². The maximum Gasteiger partial charge on any atom is 0.242 e. The minimum Gasteiger partial charge on any atom is -0.325 e. The topological polar surface area (TPSA) is 49.6 Å². The smallest absolute Gasteiger partial charge is 0.242 e. The largest absolute Gasteiger partial charge is 0.325 e. The van der Waals surface area contributed by atoms with E-state index in [4.69, 9.17) is 5.73 Å². The zero-order valence-corrected chi connectivity index (χ0v) is 10.7. The molecule has 0 radical (unpaired) electrons. The molecule has 2 aliphatic rings. The van der Waals surface area contributed by atoms with Crippen molar-refractivity contribution < 1.29 is 4.79 Å². The number of nitrogens with zero attached hydrogens (tertiary/aromatic N) is 2. The molecular weight excluding hydrogens is 226 g/mol. The molecule has 1 amide bonds. The van der Waals surface area contributed by atoms with Crippen molar-refractivity contribution >= 4 is 11.6 Å². The number of hydrazine groups is 1. The summed E-state index contributed by atoms with van der Waals surface area (Å²) in [6.07, 6.45) is 3.78. The van der Waals surface area contributed by atoms with Crippen molar-refractivity contribution in [3.8, 4) is 0 Å². The van der Waals surface area contributed by atoms with Gasteiger partial charge in [-0.05, 0) is 37.0 Å². The number of hydrogen-bond acceptors (Lipinski definition) is 3. The lowest BCUT2D eigenvalue weighted by atomic mass is 10.0. The van der Waals surface area contributed by atoms with Crippen LogP contribution in [0, 0.1) is 0 Å². The third-order valence-electron chi connectivity index (χ3n) is 3.92. The normalized spacial score (nSPS) is 21.6. The molecule has 0 spiro atoms. The highest BCUT2D eigenvalue weighted by atomic mass is 16.2. The minimum atomic E-state index is 0.0331. The quantitative estimate of drug-likeness (QED) is 0.873. The van der Waals surface area contributed by atoms with Gasteiger partial charge in [0.2, 0.25) is 5.91 Å². The summed E-state index contributed by atoms with van der Waals surface area (Å²) in [5, 5.41) is 3.73. The van der Waals surface area contributed by atoms with Crippen molar-refractivity contribution in [1.82, 2.24) is 5.01 Å². The summed E-state index contributed by atoms with van der Waals surface area (Å²) < 4.78 is 0. The van der Waals surface area contributed by atoms with E-state index in [-0.39, 0.29) is 11.4 Å². The molecule has 2 fully saturated rings. The third-order valence-corrected chi connectivity index (χ3v) is 3.92. The van der Waals surface area contributed by atoms with Gasteiger partial charge in [0.05, 0.1) is 5.69 Å². The first-order valence-corrected chi connectivity index (χ1v) is 6.49. The molecule has 1 saturated carbocycles. The Bertz CT molecular complexity index is 482. The van der Waals surface area contributed by atoms with Crippen LogP contribution in [0.5, 0.6) is 0 Å². The predicted molar refractivity (Wildman–Crippen MR) is 71.0 cm³/mol. The Hall–Kier alpha value is -1.55. The second kappa shape index (κ2) is 3.99. The van der Waals surface area contributed by atoms with Gasteiger partial charge in [-0.1, -0.05) is 12.1 Å². The highest BCUT2D eigenvalue weighted by Gasteiger charge is 2.38. The highest BCUT2D eigenvalue weighted by Crippen LogP contribution is 2.36. The van der Waals surface area contributed by atoms with Gasteiger partial charge in [-0.25, -0.2) is 0 Å². The van der Waals surface area contributed by atoms with Crippen LogP contribution in [0.2, 0.25) is 0 Å². The zero-order chi connectivity index (χ0) is 12.8. The Morgan fingerprint density at radius 1 is 1.39 bits per heavy atom. The Labute approximate surface area is 107 Å².